The molecule has 0 atom stereocenters. The third-order valence-corrected chi connectivity index (χ3v) is 3.77. The monoisotopic (exact) mass is 297 g/mol. The summed E-state index contributed by atoms with van der Waals surface area (Å²) in [5.41, 5.74) is -0.211. The van der Waals surface area contributed by atoms with Crippen molar-refractivity contribution in [3.8, 4) is 0 Å². The largest absolute Gasteiger partial charge is 0.469 e. The van der Waals surface area contributed by atoms with Gasteiger partial charge in [0.2, 0.25) is 5.91 Å². The normalized spacial score (nSPS) is 15.9. The van der Waals surface area contributed by atoms with Gasteiger partial charge < -0.3 is 9.64 Å². The van der Waals surface area contributed by atoms with Crippen molar-refractivity contribution in [1.29, 1.82) is 0 Å². The summed E-state index contributed by atoms with van der Waals surface area (Å²) in [6.45, 7) is 0.795. The zero-order valence-electron chi connectivity index (χ0n) is 11.8. The number of likely N-dealkylation sites (tertiary alicyclic amines) is 1. The molecule has 6 heteroatoms. The van der Waals surface area contributed by atoms with Crippen LogP contribution in [0.1, 0.15) is 18.4 Å². The summed E-state index contributed by atoms with van der Waals surface area (Å²) in [5.74, 6) is -2.24. The number of carbonyl (C=O) groups is 2. The molecule has 1 aromatic carbocycles. The van der Waals surface area contributed by atoms with Crippen LogP contribution in [-0.4, -0.2) is 37.0 Å². The quantitative estimate of drug-likeness (QED) is 0.801. The number of hydrogen-bond donors (Lipinski definition) is 0. The van der Waals surface area contributed by atoms with Crippen LogP contribution in [0.3, 0.4) is 0 Å². The Labute approximate surface area is 121 Å². The van der Waals surface area contributed by atoms with Crippen LogP contribution in [0, 0.1) is 17.6 Å². The van der Waals surface area contributed by atoms with Gasteiger partial charge in [-0.05, 0) is 25.0 Å². The van der Waals surface area contributed by atoms with Crippen LogP contribution in [0.5, 0.6) is 0 Å². The lowest BCUT2D eigenvalue weighted by Gasteiger charge is -2.30. The van der Waals surface area contributed by atoms with Gasteiger partial charge >= 0.3 is 5.97 Å². The van der Waals surface area contributed by atoms with Crippen molar-refractivity contribution in [2.45, 2.75) is 19.3 Å². The molecule has 0 radical (unpaired) electrons. The fraction of sp³-hybridized carbons (Fsp3) is 0.467. The highest BCUT2D eigenvalue weighted by Crippen LogP contribution is 2.20. The topological polar surface area (TPSA) is 46.6 Å². The molecule has 1 amide bonds. The fourth-order valence-corrected chi connectivity index (χ4v) is 2.50. The minimum atomic E-state index is -0.715. The van der Waals surface area contributed by atoms with E-state index in [-0.39, 0.29) is 29.8 Å². The average molecular weight is 297 g/mol. The molecule has 0 N–H and O–H groups in total. The first kappa shape index (κ1) is 15.4. The van der Waals surface area contributed by atoms with Gasteiger partial charge in [0.25, 0.3) is 0 Å². The van der Waals surface area contributed by atoms with Gasteiger partial charge in [-0.25, -0.2) is 8.78 Å². The third-order valence-electron chi connectivity index (χ3n) is 3.77. The molecule has 0 aromatic heterocycles. The van der Waals surface area contributed by atoms with Crippen LogP contribution in [0.4, 0.5) is 8.78 Å². The van der Waals surface area contributed by atoms with Crippen molar-refractivity contribution in [1.82, 2.24) is 4.90 Å². The number of esters is 1. The Hall–Kier alpha value is -1.98. The average Bonchev–Trinajstić information content (AvgIpc) is 2.50. The number of hydrogen-bond acceptors (Lipinski definition) is 3. The van der Waals surface area contributed by atoms with Crippen LogP contribution in [0.2, 0.25) is 0 Å². The molecule has 0 aliphatic carbocycles. The second-order valence-corrected chi connectivity index (χ2v) is 5.06. The molecular formula is C15H17F2NO3. The molecule has 1 fully saturated rings. The summed E-state index contributed by atoms with van der Waals surface area (Å²) in [6, 6.07) is 3.53. The Bertz CT molecular complexity index is 519. The predicted octanol–water partition coefficient (Wildman–Crippen LogP) is 1.92. The maximum Gasteiger partial charge on any atom is 0.308 e. The molecule has 1 heterocycles. The predicted molar refractivity (Wildman–Crippen MR) is 71.4 cm³/mol. The standard InChI is InChI=1S/C15H17F2NO3/c1-21-15(20)10-5-7-18(8-6-10)14(19)9-11-12(16)3-2-4-13(11)17/h2-4,10H,5-9H2,1H3. The zero-order chi connectivity index (χ0) is 15.4. The van der Waals surface area contributed by atoms with Gasteiger partial charge in [-0.15, -0.1) is 0 Å². The van der Waals surface area contributed by atoms with Crippen molar-refractivity contribution in [2.24, 2.45) is 5.92 Å². The van der Waals surface area contributed by atoms with Gasteiger partial charge in [-0.3, -0.25) is 9.59 Å². The number of nitrogens with zero attached hydrogens (tertiary/aromatic N) is 1. The van der Waals surface area contributed by atoms with E-state index in [0.29, 0.717) is 25.9 Å². The summed E-state index contributed by atoms with van der Waals surface area (Å²) in [5, 5.41) is 0. The summed E-state index contributed by atoms with van der Waals surface area (Å²) in [4.78, 5) is 25.0. The van der Waals surface area contributed by atoms with Gasteiger partial charge in [0.1, 0.15) is 11.6 Å². The van der Waals surface area contributed by atoms with E-state index in [1.165, 1.54) is 18.1 Å². The molecule has 1 aliphatic heterocycles. The Kier molecular flexibility index (Phi) is 4.88. The molecule has 21 heavy (non-hydrogen) atoms. The highest BCUT2D eigenvalue weighted by atomic mass is 19.1. The maximum atomic E-state index is 13.5. The summed E-state index contributed by atoms with van der Waals surface area (Å²) < 4.78 is 31.7. The van der Waals surface area contributed by atoms with Gasteiger partial charge in [-0.1, -0.05) is 6.07 Å². The number of benzene rings is 1. The van der Waals surface area contributed by atoms with Crippen LogP contribution in [-0.2, 0) is 20.7 Å². The van der Waals surface area contributed by atoms with E-state index in [0.717, 1.165) is 12.1 Å². The smallest absolute Gasteiger partial charge is 0.308 e. The molecule has 2 rings (SSSR count). The number of piperidine rings is 1. The minimum Gasteiger partial charge on any atom is -0.469 e. The Morgan fingerprint density at radius 3 is 2.33 bits per heavy atom. The van der Waals surface area contributed by atoms with Crippen LogP contribution in [0.15, 0.2) is 18.2 Å². The molecule has 4 nitrogen and oxygen atoms in total. The van der Waals surface area contributed by atoms with E-state index in [4.69, 9.17) is 0 Å². The van der Waals surface area contributed by atoms with E-state index in [2.05, 4.69) is 4.74 Å². The zero-order valence-corrected chi connectivity index (χ0v) is 11.8. The van der Waals surface area contributed by atoms with Crippen LogP contribution < -0.4 is 0 Å². The number of rotatable bonds is 3. The van der Waals surface area contributed by atoms with Crippen molar-refractivity contribution in [3.63, 3.8) is 0 Å². The lowest BCUT2D eigenvalue weighted by molar-refractivity contribution is -0.148. The summed E-state index contributed by atoms with van der Waals surface area (Å²) >= 11 is 0. The molecule has 0 bridgehead atoms. The molecular weight excluding hydrogens is 280 g/mol. The number of amides is 1. The molecule has 1 saturated heterocycles. The first-order valence-electron chi connectivity index (χ1n) is 6.81. The molecule has 1 aliphatic rings. The van der Waals surface area contributed by atoms with Crippen LogP contribution >= 0.6 is 0 Å². The molecule has 0 saturated carbocycles. The first-order valence-corrected chi connectivity index (χ1v) is 6.81. The van der Waals surface area contributed by atoms with E-state index >= 15 is 0 Å². The molecule has 1 aromatic rings. The van der Waals surface area contributed by atoms with Crippen molar-refractivity contribution >= 4 is 11.9 Å². The van der Waals surface area contributed by atoms with E-state index in [1.807, 2.05) is 0 Å². The second kappa shape index (κ2) is 6.65. The number of carbonyl (C=O) groups excluding carboxylic acids is 2. The van der Waals surface area contributed by atoms with E-state index in [1.54, 1.807) is 0 Å². The number of halogens is 2. The molecule has 0 unspecified atom stereocenters. The maximum absolute atomic E-state index is 13.5. The van der Waals surface area contributed by atoms with Crippen LogP contribution in [0.25, 0.3) is 0 Å². The molecule has 0 spiro atoms. The van der Waals surface area contributed by atoms with Gasteiger partial charge in [-0.2, -0.15) is 0 Å². The summed E-state index contributed by atoms with van der Waals surface area (Å²) in [7, 11) is 1.33. The van der Waals surface area contributed by atoms with Crippen molar-refractivity contribution in [2.75, 3.05) is 20.2 Å². The Balaban J connectivity index is 1.95. The minimum absolute atomic E-state index is 0.204. The van der Waals surface area contributed by atoms with Crippen molar-refractivity contribution in [3.05, 3.63) is 35.4 Å². The third kappa shape index (κ3) is 3.56. The van der Waals surface area contributed by atoms with Gasteiger partial charge in [0.05, 0.1) is 19.4 Å². The van der Waals surface area contributed by atoms with E-state index < -0.39 is 11.6 Å². The van der Waals surface area contributed by atoms with E-state index in [9.17, 15) is 18.4 Å². The number of ether oxygens (including phenoxy) is 1. The Morgan fingerprint density at radius 2 is 1.81 bits per heavy atom. The van der Waals surface area contributed by atoms with Gasteiger partial charge in [0, 0.05) is 18.7 Å². The lowest BCUT2D eigenvalue weighted by atomic mass is 9.96. The van der Waals surface area contributed by atoms with Crippen molar-refractivity contribution < 1.29 is 23.1 Å². The second-order valence-electron chi connectivity index (χ2n) is 5.06. The first-order chi connectivity index (χ1) is 10.0. The SMILES string of the molecule is COC(=O)C1CCN(C(=O)Cc2c(F)cccc2F)CC1. The van der Waals surface area contributed by atoms with Gasteiger partial charge in [0.15, 0.2) is 0 Å². The fourth-order valence-electron chi connectivity index (χ4n) is 2.50. The summed E-state index contributed by atoms with van der Waals surface area (Å²) in [6.07, 6.45) is 0.720. The molecule has 114 valence electrons. The Morgan fingerprint density at radius 1 is 1.24 bits per heavy atom. The highest BCUT2D eigenvalue weighted by Gasteiger charge is 2.28. The number of methoxy groups -OCH3 is 1. The highest BCUT2D eigenvalue weighted by molar-refractivity contribution is 5.79. The lowest BCUT2D eigenvalue weighted by Crippen LogP contribution is -2.41.